The number of rotatable bonds is 2. The van der Waals surface area contributed by atoms with E-state index in [2.05, 4.69) is 4.98 Å². The van der Waals surface area contributed by atoms with E-state index in [0.29, 0.717) is 22.1 Å². The summed E-state index contributed by atoms with van der Waals surface area (Å²) in [5, 5.41) is 9.11. The highest BCUT2D eigenvalue weighted by atomic mass is 35.5. The molecule has 1 heterocycles. The lowest BCUT2D eigenvalue weighted by Gasteiger charge is -2.07. The van der Waals surface area contributed by atoms with Gasteiger partial charge < -0.3 is 10.5 Å². The lowest BCUT2D eigenvalue weighted by molar-refractivity contribution is 0.483. The maximum Gasteiger partial charge on any atom is 0.170 e. The van der Waals surface area contributed by atoms with Gasteiger partial charge in [-0.2, -0.15) is 5.26 Å². The minimum Gasteiger partial charge on any atom is -0.453 e. The maximum absolute atomic E-state index is 8.66. The van der Waals surface area contributed by atoms with Crippen molar-refractivity contribution in [3.05, 3.63) is 47.1 Å². The molecule has 0 unspecified atom stereocenters. The summed E-state index contributed by atoms with van der Waals surface area (Å²) >= 11 is 5.79. The number of hydrogen-bond acceptors (Lipinski definition) is 4. The zero-order valence-corrected chi connectivity index (χ0v) is 9.48. The highest BCUT2D eigenvalue weighted by Crippen LogP contribution is 2.28. The lowest BCUT2D eigenvalue weighted by Crippen LogP contribution is -1.94. The molecule has 0 saturated heterocycles. The van der Waals surface area contributed by atoms with Crippen LogP contribution in [-0.2, 0) is 0 Å². The normalized spacial score (nSPS) is 9.65. The Morgan fingerprint density at radius 2 is 2.00 bits per heavy atom. The summed E-state index contributed by atoms with van der Waals surface area (Å²) in [7, 11) is 0. The predicted molar refractivity (Wildman–Crippen MR) is 64.9 cm³/mol. The fraction of sp³-hybridized carbons (Fsp3) is 0. The van der Waals surface area contributed by atoms with Crippen LogP contribution >= 0.6 is 11.6 Å². The van der Waals surface area contributed by atoms with Gasteiger partial charge in [-0.3, -0.25) is 0 Å². The van der Waals surface area contributed by atoms with Crippen molar-refractivity contribution in [3.63, 3.8) is 0 Å². The molecule has 0 aliphatic carbocycles. The van der Waals surface area contributed by atoms with Crippen molar-refractivity contribution in [2.45, 2.75) is 0 Å². The van der Waals surface area contributed by atoms with E-state index in [0.717, 1.165) is 0 Å². The van der Waals surface area contributed by atoms with E-state index in [4.69, 9.17) is 27.3 Å². The van der Waals surface area contributed by atoms with E-state index in [1.165, 1.54) is 6.20 Å². The van der Waals surface area contributed by atoms with E-state index in [9.17, 15) is 0 Å². The monoisotopic (exact) mass is 245 g/mol. The molecule has 0 radical (unpaired) electrons. The molecule has 0 fully saturated rings. The molecule has 0 saturated carbocycles. The molecule has 0 atom stereocenters. The molecule has 0 aliphatic rings. The number of pyridine rings is 1. The van der Waals surface area contributed by atoms with Gasteiger partial charge >= 0.3 is 0 Å². The molecule has 1 aromatic heterocycles. The van der Waals surface area contributed by atoms with Crippen molar-refractivity contribution in [2.75, 3.05) is 5.73 Å². The van der Waals surface area contributed by atoms with Crippen LogP contribution in [0.2, 0.25) is 5.02 Å². The number of nitrogens with zero attached hydrogens (tertiary/aromatic N) is 2. The van der Waals surface area contributed by atoms with Gasteiger partial charge in [0.1, 0.15) is 5.75 Å². The third-order valence-corrected chi connectivity index (χ3v) is 2.27. The number of nitriles is 1. The summed E-state index contributed by atoms with van der Waals surface area (Å²) in [5.41, 5.74) is 6.21. The van der Waals surface area contributed by atoms with Crippen molar-refractivity contribution in [1.29, 1.82) is 5.26 Å². The number of nitrogen functional groups attached to an aromatic ring is 1. The second-order valence-corrected chi connectivity index (χ2v) is 3.71. The van der Waals surface area contributed by atoms with Crippen molar-refractivity contribution in [3.8, 4) is 17.6 Å². The van der Waals surface area contributed by atoms with Crippen LogP contribution in [0.1, 0.15) is 5.56 Å². The smallest absolute Gasteiger partial charge is 0.170 e. The van der Waals surface area contributed by atoms with E-state index < -0.39 is 0 Å². The Bertz CT molecular complexity index is 575. The fourth-order valence-electron chi connectivity index (χ4n) is 1.24. The van der Waals surface area contributed by atoms with E-state index in [1.807, 2.05) is 6.07 Å². The SMILES string of the molecule is N#Cc1ccc(Oc2cc(Cl)cnc2N)cc1. The van der Waals surface area contributed by atoms with Crippen LogP contribution in [0.3, 0.4) is 0 Å². The Morgan fingerprint density at radius 1 is 1.29 bits per heavy atom. The van der Waals surface area contributed by atoms with Gasteiger partial charge in [0.15, 0.2) is 11.6 Å². The first-order valence-corrected chi connectivity index (χ1v) is 5.16. The number of aromatic nitrogens is 1. The lowest BCUT2D eigenvalue weighted by atomic mass is 10.2. The largest absolute Gasteiger partial charge is 0.453 e. The summed E-state index contributed by atoms with van der Waals surface area (Å²) in [6, 6.07) is 10.3. The topological polar surface area (TPSA) is 71.9 Å². The van der Waals surface area contributed by atoms with E-state index in [1.54, 1.807) is 30.3 Å². The van der Waals surface area contributed by atoms with Gasteiger partial charge in [0.25, 0.3) is 0 Å². The van der Waals surface area contributed by atoms with Gasteiger partial charge in [-0.1, -0.05) is 11.6 Å². The zero-order valence-electron chi connectivity index (χ0n) is 8.72. The van der Waals surface area contributed by atoms with Crippen LogP contribution in [0.15, 0.2) is 36.5 Å². The minimum atomic E-state index is 0.263. The van der Waals surface area contributed by atoms with Gasteiger partial charge in [0.2, 0.25) is 0 Å². The Labute approximate surface area is 103 Å². The maximum atomic E-state index is 8.66. The molecule has 0 bridgehead atoms. The summed E-state index contributed by atoms with van der Waals surface area (Å²) in [6.45, 7) is 0. The molecule has 17 heavy (non-hydrogen) atoms. The zero-order chi connectivity index (χ0) is 12.3. The van der Waals surface area contributed by atoms with Crippen molar-refractivity contribution in [2.24, 2.45) is 0 Å². The summed E-state index contributed by atoms with van der Waals surface area (Å²) < 4.78 is 5.51. The van der Waals surface area contributed by atoms with Crippen LogP contribution in [0.5, 0.6) is 11.5 Å². The molecule has 2 N–H and O–H groups in total. The highest BCUT2D eigenvalue weighted by Gasteiger charge is 2.04. The average Bonchev–Trinajstić information content (AvgIpc) is 2.35. The number of hydrogen-bond donors (Lipinski definition) is 1. The van der Waals surface area contributed by atoms with Crippen LogP contribution in [0, 0.1) is 11.3 Å². The number of ether oxygens (including phenoxy) is 1. The number of nitrogens with two attached hydrogens (primary N) is 1. The standard InChI is InChI=1S/C12H8ClN3O/c13-9-5-11(12(15)16-7-9)17-10-3-1-8(6-14)2-4-10/h1-5,7H,(H2,15,16). The van der Waals surface area contributed by atoms with Crippen LogP contribution in [0.4, 0.5) is 5.82 Å². The molecule has 2 rings (SSSR count). The fourth-order valence-corrected chi connectivity index (χ4v) is 1.39. The van der Waals surface area contributed by atoms with Gasteiger partial charge in [0.05, 0.1) is 16.7 Å². The van der Waals surface area contributed by atoms with Crippen molar-refractivity contribution in [1.82, 2.24) is 4.98 Å². The van der Waals surface area contributed by atoms with Crippen molar-refractivity contribution >= 4 is 17.4 Å². The Balaban J connectivity index is 2.25. The highest BCUT2D eigenvalue weighted by molar-refractivity contribution is 6.30. The molecule has 5 heteroatoms. The first-order chi connectivity index (χ1) is 8.19. The summed E-state index contributed by atoms with van der Waals surface area (Å²) in [6.07, 6.45) is 1.45. The van der Waals surface area contributed by atoms with Gasteiger partial charge in [0, 0.05) is 12.3 Å². The van der Waals surface area contributed by atoms with Crippen LogP contribution in [-0.4, -0.2) is 4.98 Å². The van der Waals surface area contributed by atoms with Gasteiger partial charge in [-0.05, 0) is 24.3 Å². The summed E-state index contributed by atoms with van der Waals surface area (Å²) in [4.78, 5) is 3.88. The van der Waals surface area contributed by atoms with E-state index in [-0.39, 0.29) is 5.82 Å². The Kier molecular flexibility index (Phi) is 3.12. The molecule has 0 amide bonds. The Morgan fingerprint density at radius 3 is 2.65 bits per heavy atom. The second kappa shape index (κ2) is 4.73. The quantitative estimate of drug-likeness (QED) is 0.883. The number of benzene rings is 1. The molecule has 2 aromatic rings. The van der Waals surface area contributed by atoms with Crippen LogP contribution < -0.4 is 10.5 Å². The second-order valence-electron chi connectivity index (χ2n) is 3.28. The number of halogens is 1. The average molecular weight is 246 g/mol. The van der Waals surface area contributed by atoms with Crippen molar-refractivity contribution < 1.29 is 4.74 Å². The molecule has 84 valence electrons. The minimum absolute atomic E-state index is 0.263. The molecule has 1 aromatic carbocycles. The summed E-state index contributed by atoms with van der Waals surface area (Å²) in [5.74, 6) is 1.22. The third kappa shape index (κ3) is 2.65. The van der Waals surface area contributed by atoms with E-state index >= 15 is 0 Å². The number of anilines is 1. The first-order valence-electron chi connectivity index (χ1n) is 4.78. The van der Waals surface area contributed by atoms with Gasteiger partial charge in [-0.25, -0.2) is 4.98 Å². The molecule has 4 nitrogen and oxygen atoms in total. The Hall–Kier alpha value is -2.25. The molecular weight excluding hydrogens is 238 g/mol. The predicted octanol–water partition coefficient (Wildman–Crippen LogP) is 2.98. The van der Waals surface area contributed by atoms with Gasteiger partial charge in [-0.15, -0.1) is 0 Å². The molecular formula is C12H8ClN3O. The molecule has 0 spiro atoms. The van der Waals surface area contributed by atoms with Crippen LogP contribution in [0.25, 0.3) is 0 Å². The first kappa shape index (κ1) is 11.2. The molecule has 0 aliphatic heterocycles. The third-order valence-electron chi connectivity index (χ3n) is 2.06.